The molecule has 0 bridgehead atoms. The monoisotopic (exact) mass is 278 g/mol. The Balaban J connectivity index is 1.95. The fourth-order valence-corrected chi connectivity index (χ4v) is 2.22. The molecule has 1 amide bonds. The standard InChI is InChI=1S/C13H18N4O3/c14-12(17-20)8-1-6-11(15-7-8)13(19)16-9-2-4-10(18)5-3-9/h1,6-7,9-10,18,20H,2-5H2,(H2,14,17)(H,16,19). The van der Waals surface area contributed by atoms with Crippen LogP contribution in [0.2, 0.25) is 0 Å². The molecule has 7 nitrogen and oxygen atoms in total. The van der Waals surface area contributed by atoms with Gasteiger partial charge in [0.05, 0.1) is 6.10 Å². The SMILES string of the molecule is N/C(=N/O)c1ccc(C(=O)NC2CCC(O)CC2)nc1. The van der Waals surface area contributed by atoms with E-state index >= 15 is 0 Å². The van der Waals surface area contributed by atoms with Crippen LogP contribution in [0.4, 0.5) is 0 Å². The Kier molecular flexibility index (Phi) is 4.52. The van der Waals surface area contributed by atoms with E-state index in [1.165, 1.54) is 12.3 Å². The third-order valence-electron chi connectivity index (χ3n) is 3.43. The number of aliphatic hydroxyl groups excluding tert-OH is 1. The topological polar surface area (TPSA) is 121 Å². The molecule has 1 heterocycles. The third-order valence-corrected chi connectivity index (χ3v) is 3.43. The molecule has 1 aromatic rings. The zero-order chi connectivity index (χ0) is 14.5. The van der Waals surface area contributed by atoms with Crippen LogP contribution in [-0.4, -0.2) is 39.2 Å². The number of aromatic nitrogens is 1. The highest BCUT2D eigenvalue weighted by Gasteiger charge is 2.21. The third kappa shape index (κ3) is 3.45. The van der Waals surface area contributed by atoms with Gasteiger partial charge in [-0.05, 0) is 37.8 Å². The van der Waals surface area contributed by atoms with Gasteiger partial charge in [-0.1, -0.05) is 5.16 Å². The Morgan fingerprint density at radius 2 is 2.05 bits per heavy atom. The van der Waals surface area contributed by atoms with Gasteiger partial charge in [-0.15, -0.1) is 0 Å². The van der Waals surface area contributed by atoms with Gasteiger partial charge in [0.1, 0.15) is 5.69 Å². The van der Waals surface area contributed by atoms with Crippen LogP contribution in [0.1, 0.15) is 41.7 Å². The van der Waals surface area contributed by atoms with E-state index in [2.05, 4.69) is 15.5 Å². The first kappa shape index (κ1) is 14.3. The number of hydrogen-bond acceptors (Lipinski definition) is 5. The van der Waals surface area contributed by atoms with Crippen molar-refractivity contribution in [2.45, 2.75) is 37.8 Å². The second-order valence-corrected chi connectivity index (χ2v) is 4.90. The number of carbonyl (C=O) groups is 1. The van der Waals surface area contributed by atoms with Crippen molar-refractivity contribution in [3.05, 3.63) is 29.6 Å². The zero-order valence-corrected chi connectivity index (χ0v) is 11.0. The maximum atomic E-state index is 12.0. The lowest BCUT2D eigenvalue weighted by Crippen LogP contribution is -2.38. The van der Waals surface area contributed by atoms with E-state index in [9.17, 15) is 9.90 Å². The minimum atomic E-state index is -0.252. The van der Waals surface area contributed by atoms with E-state index in [1.807, 2.05) is 0 Å². The molecule has 0 radical (unpaired) electrons. The highest BCUT2D eigenvalue weighted by atomic mass is 16.4. The van der Waals surface area contributed by atoms with E-state index < -0.39 is 0 Å². The molecule has 0 aliphatic heterocycles. The summed E-state index contributed by atoms with van der Waals surface area (Å²) in [5, 5.41) is 23.7. The summed E-state index contributed by atoms with van der Waals surface area (Å²) < 4.78 is 0. The van der Waals surface area contributed by atoms with Gasteiger partial charge in [0, 0.05) is 17.8 Å². The van der Waals surface area contributed by atoms with E-state index in [-0.39, 0.29) is 29.6 Å². The molecule has 1 aliphatic carbocycles. The number of carbonyl (C=O) groups excluding carboxylic acids is 1. The van der Waals surface area contributed by atoms with Gasteiger partial charge in [0.25, 0.3) is 5.91 Å². The highest BCUT2D eigenvalue weighted by molar-refractivity contribution is 5.98. The average Bonchev–Trinajstić information content (AvgIpc) is 2.49. The van der Waals surface area contributed by atoms with E-state index in [4.69, 9.17) is 10.9 Å². The van der Waals surface area contributed by atoms with Crippen LogP contribution in [0, 0.1) is 0 Å². The number of nitrogens with zero attached hydrogens (tertiary/aromatic N) is 2. The van der Waals surface area contributed by atoms with E-state index in [0.29, 0.717) is 18.4 Å². The summed E-state index contributed by atoms with van der Waals surface area (Å²) in [5.41, 5.74) is 6.15. The van der Waals surface area contributed by atoms with E-state index in [0.717, 1.165) is 12.8 Å². The second-order valence-electron chi connectivity index (χ2n) is 4.90. The molecule has 108 valence electrons. The quantitative estimate of drug-likeness (QED) is 0.272. The molecule has 2 rings (SSSR count). The highest BCUT2D eigenvalue weighted by Crippen LogP contribution is 2.18. The van der Waals surface area contributed by atoms with Crippen LogP contribution in [-0.2, 0) is 0 Å². The minimum absolute atomic E-state index is 0.0503. The predicted octanol–water partition coefficient (Wildman–Crippen LogP) is 0.209. The van der Waals surface area contributed by atoms with Gasteiger partial charge in [0.15, 0.2) is 5.84 Å². The molecule has 0 unspecified atom stereocenters. The Labute approximate surface area is 116 Å². The molecule has 0 spiro atoms. The maximum absolute atomic E-state index is 12.0. The van der Waals surface area contributed by atoms with Gasteiger partial charge in [-0.2, -0.15) is 0 Å². The van der Waals surface area contributed by atoms with Crippen molar-refractivity contribution in [1.82, 2.24) is 10.3 Å². The van der Waals surface area contributed by atoms with Crippen molar-refractivity contribution < 1.29 is 15.1 Å². The van der Waals surface area contributed by atoms with Crippen molar-refractivity contribution in [1.29, 1.82) is 0 Å². The number of amidine groups is 1. The number of nitrogens with two attached hydrogens (primary N) is 1. The number of aliphatic hydroxyl groups is 1. The molecule has 1 fully saturated rings. The van der Waals surface area contributed by atoms with Gasteiger partial charge in [-0.3, -0.25) is 9.78 Å². The predicted molar refractivity (Wildman–Crippen MR) is 72.5 cm³/mol. The summed E-state index contributed by atoms with van der Waals surface area (Å²) in [6.07, 6.45) is 4.10. The number of nitrogens with one attached hydrogen (secondary N) is 1. The Morgan fingerprint density at radius 1 is 1.35 bits per heavy atom. The lowest BCUT2D eigenvalue weighted by Gasteiger charge is -2.25. The van der Waals surface area contributed by atoms with Crippen molar-refractivity contribution in [2.24, 2.45) is 10.9 Å². The largest absolute Gasteiger partial charge is 0.409 e. The number of hydrogen-bond donors (Lipinski definition) is 4. The van der Waals surface area contributed by atoms with Crippen molar-refractivity contribution >= 4 is 11.7 Å². The molecular weight excluding hydrogens is 260 g/mol. The summed E-state index contributed by atoms with van der Waals surface area (Å²) in [7, 11) is 0. The number of amides is 1. The lowest BCUT2D eigenvalue weighted by molar-refractivity contribution is 0.0863. The van der Waals surface area contributed by atoms with Crippen LogP contribution in [0.15, 0.2) is 23.5 Å². The molecule has 1 saturated carbocycles. The fourth-order valence-electron chi connectivity index (χ4n) is 2.22. The Bertz CT molecular complexity index is 493. The normalized spacial score (nSPS) is 23.4. The van der Waals surface area contributed by atoms with Crippen molar-refractivity contribution in [3.8, 4) is 0 Å². The van der Waals surface area contributed by atoms with Gasteiger partial charge in [-0.25, -0.2) is 0 Å². The van der Waals surface area contributed by atoms with Gasteiger partial charge < -0.3 is 21.4 Å². The lowest BCUT2D eigenvalue weighted by atomic mass is 9.93. The maximum Gasteiger partial charge on any atom is 0.270 e. The Morgan fingerprint density at radius 3 is 2.60 bits per heavy atom. The molecule has 7 heteroatoms. The molecule has 1 aliphatic rings. The molecule has 20 heavy (non-hydrogen) atoms. The summed E-state index contributed by atoms with van der Waals surface area (Å²) in [6, 6.07) is 3.18. The van der Waals surface area contributed by atoms with Crippen LogP contribution in [0.25, 0.3) is 0 Å². The van der Waals surface area contributed by atoms with Crippen LogP contribution >= 0.6 is 0 Å². The van der Waals surface area contributed by atoms with Crippen molar-refractivity contribution in [3.63, 3.8) is 0 Å². The summed E-state index contributed by atoms with van der Waals surface area (Å²) in [4.78, 5) is 16.0. The first-order valence-electron chi connectivity index (χ1n) is 6.53. The summed E-state index contributed by atoms with van der Waals surface area (Å²) >= 11 is 0. The smallest absolute Gasteiger partial charge is 0.270 e. The first-order valence-corrected chi connectivity index (χ1v) is 6.53. The minimum Gasteiger partial charge on any atom is -0.409 e. The first-order chi connectivity index (χ1) is 9.60. The summed E-state index contributed by atoms with van der Waals surface area (Å²) in [5.74, 6) is -0.303. The molecule has 0 saturated heterocycles. The average molecular weight is 278 g/mol. The molecular formula is C13H18N4O3. The number of oxime groups is 1. The molecule has 1 aromatic heterocycles. The Hall–Kier alpha value is -2.15. The van der Waals surface area contributed by atoms with Crippen LogP contribution < -0.4 is 11.1 Å². The fraction of sp³-hybridized carbons (Fsp3) is 0.462. The van der Waals surface area contributed by atoms with Gasteiger partial charge >= 0.3 is 0 Å². The molecule has 5 N–H and O–H groups in total. The van der Waals surface area contributed by atoms with Crippen molar-refractivity contribution in [2.75, 3.05) is 0 Å². The van der Waals surface area contributed by atoms with Gasteiger partial charge in [0.2, 0.25) is 0 Å². The molecule has 0 atom stereocenters. The van der Waals surface area contributed by atoms with E-state index in [1.54, 1.807) is 6.07 Å². The number of pyridine rings is 1. The second kappa shape index (κ2) is 6.33. The zero-order valence-electron chi connectivity index (χ0n) is 11.0. The number of rotatable bonds is 3. The van der Waals surface area contributed by atoms with Crippen LogP contribution in [0.3, 0.4) is 0 Å². The van der Waals surface area contributed by atoms with Crippen LogP contribution in [0.5, 0.6) is 0 Å². The molecule has 0 aromatic carbocycles. The summed E-state index contributed by atoms with van der Waals surface area (Å²) in [6.45, 7) is 0.